The van der Waals surface area contributed by atoms with Gasteiger partial charge < -0.3 is 10.4 Å². The Hall–Kier alpha value is -1.81. The van der Waals surface area contributed by atoms with Crippen molar-refractivity contribution in [3.05, 3.63) is 51.7 Å². The Morgan fingerprint density at radius 1 is 1.37 bits per heavy atom. The summed E-state index contributed by atoms with van der Waals surface area (Å²) in [5.41, 5.74) is 2.00. The van der Waals surface area contributed by atoms with E-state index in [9.17, 15) is 9.90 Å². The van der Waals surface area contributed by atoms with Crippen LogP contribution in [0, 0.1) is 6.92 Å². The van der Waals surface area contributed by atoms with E-state index >= 15 is 0 Å². The molecule has 1 aromatic carbocycles. The Balaban J connectivity index is 2.34. The average molecular weight is 275 g/mol. The lowest BCUT2D eigenvalue weighted by molar-refractivity contribution is 0.0698. The number of carboxylic acids is 1. The van der Waals surface area contributed by atoms with Gasteiger partial charge in [-0.05, 0) is 36.4 Å². The number of aromatic carboxylic acids is 1. The second kappa shape index (κ2) is 5.89. The van der Waals surface area contributed by atoms with E-state index in [0.717, 1.165) is 17.7 Å². The SMILES string of the molecule is CCC(Nc1c(C)cccc1C(=O)O)c1cccs1. The summed E-state index contributed by atoms with van der Waals surface area (Å²) in [7, 11) is 0. The minimum atomic E-state index is -0.896. The molecule has 1 heterocycles. The topological polar surface area (TPSA) is 49.3 Å². The van der Waals surface area contributed by atoms with Gasteiger partial charge in [-0.2, -0.15) is 0 Å². The van der Waals surface area contributed by atoms with Gasteiger partial charge in [0.25, 0.3) is 0 Å². The standard InChI is InChI=1S/C15H17NO2S/c1-3-12(13-8-5-9-19-13)16-14-10(2)6-4-7-11(14)15(17)18/h4-9,12,16H,3H2,1-2H3,(H,17,18). The predicted molar refractivity (Wildman–Crippen MR) is 79.1 cm³/mol. The molecule has 0 aliphatic rings. The van der Waals surface area contributed by atoms with Gasteiger partial charge in [0.1, 0.15) is 0 Å². The van der Waals surface area contributed by atoms with Gasteiger partial charge >= 0.3 is 5.97 Å². The molecule has 1 unspecified atom stereocenters. The van der Waals surface area contributed by atoms with E-state index in [4.69, 9.17) is 0 Å². The van der Waals surface area contributed by atoms with Gasteiger partial charge in [0.2, 0.25) is 0 Å². The van der Waals surface area contributed by atoms with Crippen molar-refractivity contribution in [3.63, 3.8) is 0 Å². The first-order valence-corrected chi connectivity index (χ1v) is 7.14. The quantitative estimate of drug-likeness (QED) is 0.854. The Morgan fingerprint density at radius 3 is 2.74 bits per heavy atom. The number of para-hydroxylation sites is 1. The van der Waals surface area contributed by atoms with Crippen LogP contribution >= 0.6 is 11.3 Å². The highest BCUT2D eigenvalue weighted by Gasteiger charge is 2.16. The molecule has 3 nitrogen and oxygen atoms in total. The van der Waals surface area contributed by atoms with E-state index < -0.39 is 5.97 Å². The van der Waals surface area contributed by atoms with Crippen LogP contribution in [0.4, 0.5) is 5.69 Å². The zero-order valence-electron chi connectivity index (χ0n) is 11.0. The fourth-order valence-electron chi connectivity index (χ4n) is 2.08. The molecule has 2 rings (SSSR count). The first-order chi connectivity index (χ1) is 9.13. The molecule has 100 valence electrons. The smallest absolute Gasteiger partial charge is 0.337 e. The van der Waals surface area contributed by atoms with E-state index in [-0.39, 0.29) is 6.04 Å². The Bertz CT molecular complexity index is 564. The van der Waals surface area contributed by atoms with Crippen LogP contribution in [0.25, 0.3) is 0 Å². The van der Waals surface area contributed by atoms with Crippen LogP contribution in [-0.2, 0) is 0 Å². The van der Waals surface area contributed by atoms with Gasteiger partial charge in [-0.1, -0.05) is 25.1 Å². The first kappa shape index (κ1) is 13.6. The molecule has 0 fully saturated rings. The van der Waals surface area contributed by atoms with Crippen molar-refractivity contribution in [1.29, 1.82) is 0 Å². The number of carboxylic acid groups (broad SMARTS) is 1. The summed E-state index contributed by atoms with van der Waals surface area (Å²) in [6.07, 6.45) is 0.911. The number of carbonyl (C=O) groups is 1. The largest absolute Gasteiger partial charge is 0.478 e. The van der Waals surface area contributed by atoms with Gasteiger partial charge in [0.05, 0.1) is 17.3 Å². The van der Waals surface area contributed by atoms with Crippen LogP contribution in [-0.4, -0.2) is 11.1 Å². The highest BCUT2D eigenvalue weighted by molar-refractivity contribution is 7.10. The fourth-order valence-corrected chi connectivity index (χ4v) is 2.94. The van der Waals surface area contributed by atoms with Crippen LogP contribution in [0.15, 0.2) is 35.7 Å². The summed E-state index contributed by atoms with van der Waals surface area (Å²) in [6.45, 7) is 4.02. The highest BCUT2D eigenvalue weighted by atomic mass is 32.1. The molecule has 0 spiro atoms. The van der Waals surface area contributed by atoms with E-state index in [1.54, 1.807) is 23.5 Å². The number of hydrogen-bond acceptors (Lipinski definition) is 3. The van der Waals surface area contributed by atoms with Gasteiger partial charge in [-0.3, -0.25) is 0 Å². The van der Waals surface area contributed by atoms with Crippen molar-refractivity contribution >= 4 is 23.0 Å². The van der Waals surface area contributed by atoms with E-state index in [2.05, 4.69) is 18.3 Å². The van der Waals surface area contributed by atoms with Gasteiger partial charge in [-0.15, -0.1) is 11.3 Å². The van der Waals surface area contributed by atoms with E-state index in [1.807, 2.05) is 24.4 Å². The number of benzene rings is 1. The van der Waals surface area contributed by atoms with Crippen LogP contribution in [0.3, 0.4) is 0 Å². The zero-order chi connectivity index (χ0) is 13.8. The second-order valence-electron chi connectivity index (χ2n) is 4.42. The molecule has 4 heteroatoms. The number of hydrogen-bond donors (Lipinski definition) is 2. The van der Waals surface area contributed by atoms with Crippen molar-refractivity contribution in [2.75, 3.05) is 5.32 Å². The van der Waals surface area contributed by atoms with Crippen molar-refractivity contribution in [1.82, 2.24) is 0 Å². The molecular formula is C15H17NO2S. The normalized spacial score (nSPS) is 12.1. The lowest BCUT2D eigenvalue weighted by atomic mass is 10.1. The Kier molecular flexibility index (Phi) is 4.22. The zero-order valence-corrected chi connectivity index (χ0v) is 11.8. The van der Waals surface area contributed by atoms with Crippen LogP contribution in [0.5, 0.6) is 0 Å². The van der Waals surface area contributed by atoms with Gasteiger partial charge in [-0.25, -0.2) is 4.79 Å². The number of nitrogens with one attached hydrogen (secondary N) is 1. The maximum absolute atomic E-state index is 11.3. The molecule has 0 aliphatic heterocycles. The van der Waals surface area contributed by atoms with Crippen LogP contribution < -0.4 is 5.32 Å². The maximum Gasteiger partial charge on any atom is 0.337 e. The molecule has 1 aromatic heterocycles. The third-order valence-electron chi connectivity index (χ3n) is 3.12. The third kappa shape index (κ3) is 2.96. The molecule has 1 atom stereocenters. The molecular weight excluding hydrogens is 258 g/mol. The molecule has 19 heavy (non-hydrogen) atoms. The van der Waals surface area contributed by atoms with Crippen molar-refractivity contribution in [2.24, 2.45) is 0 Å². The summed E-state index contributed by atoms with van der Waals surface area (Å²) >= 11 is 1.69. The summed E-state index contributed by atoms with van der Waals surface area (Å²) in [5, 5.41) is 14.7. The average Bonchev–Trinajstić information content (AvgIpc) is 2.90. The van der Waals surface area contributed by atoms with Crippen molar-refractivity contribution in [3.8, 4) is 0 Å². The molecule has 0 bridgehead atoms. The number of anilines is 1. The molecule has 0 amide bonds. The van der Waals surface area contributed by atoms with E-state index in [0.29, 0.717) is 5.56 Å². The monoisotopic (exact) mass is 275 g/mol. The molecule has 2 aromatic rings. The summed E-state index contributed by atoms with van der Waals surface area (Å²) < 4.78 is 0. The summed E-state index contributed by atoms with van der Waals surface area (Å²) in [4.78, 5) is 12.5. The highest BCUT2D eigenvalue weighted by Crippen LogP contribution is 2.29. The lowest BCUT2D eigenvalue weighted by Crippen LogP contribution is -2.13. The first-order valence-electron chi connectivity index (χ1n) is 6.26. The lowest BCUT2D eigenvalue weighted by Gasteiger charge is -2.20. The molecule has 2 N–H and O–H groups in total. The maximum atomic E-state index is 11.3. The molecule has 0 aliphatic carbocycles. The van der Waals surface area contributed by atoms with Gasteiger partial charge in [0, 0.05) is 4.88 Å². The number of aryl methyl sites for hydroxylation is 1. The number of thiophene rings is 1. The van der Waals surface area contributed by atoms with Crippen molar-refractivity contribution < 1.29 is 9.90 Å². The van der Waals surface area contributed by atoms with Crippen molar-refractivity contribution in [2.45, 2.75) is 26.3 Å². The fraction of sp³-hybridized carbons (Fsp3) is 0.267. The minimum Gasteiger partial charge on any atom is -0.478 e. The van der Waals surface area contributed by atoms with Gasteiger partial charge in [0.15, 0.2) is 0 Å². The third-order valence-corrected chi connectivity index (χ3v) is 4.10. The second-order valence-corrected chi connectivity index (χ2v) is 5.40. The summed E-state index contributed by atoms with van der Waals surface area (Å²) in [5.74, 6) is -0.896. The molecule has 0 saturated heterocycles. The van der Waals surface area contributed by atoms with E-state index in [1.165, 1.54) is 4.88 Å². The van der Waals surface area contributed by atoms with Crippen LogP contribution in [0.1, 0.15) is 40.2 Å². The summed E-state index contributed by atoms with van der Waals surface area (Å²) in [6, 6.07) is 9.58. The molecule has 0 saturated carbocycles. The predicted octanol–water partition coefficient (Wildman–Crippen LogP) is 4.32. The number of rotatable bonds is 5. The molecule has 0 radical (unpaired) electrons. The minimum absolute atomic E-state index is 0.152. The Labute approximate surface area is 116 Å². The Morgan fingerprint density at radius 2 is 2.16 bits per heavy atom. The van der Waals surface area contributed by atoms with Crippen LogP contribution in [0.2, 0.25) is 0 Å².